The molecule has 2 rings (SSSR count). The van der Waals surface area contributed by atoms with Crippen molar-refractivity contribution in [3.63, 3.8) is 0 Å². The van der Waals surface area contributed by atoms with E-state index in [1.165, 1.54) is 12.0 Å². The Balaban J connectivity index is 1.95. The molecule has 17 heavy (non-hydrogen) atoms. The average Bonchev–Trinajstić information content (AvgIpc) is 2.30. The Morgan fingerprint density at radius 2 is 2.35 bits per heavy atom. The minimum Gasteiger partial charge on any atom is -0.494 e. The van der Waals surface area contributed by atoms with Crippen LogP contribution in [0.2, 0.25) is 0 Å². The van der Waals surface area contributed by atoms with Gasteiger partial charge in [-0.2, -0.15) is 0 Å². The van der Waals surface area contributed by atoms with Gasteiger partial charge < -0.3 is 10.5 Å². The van der Waals surface area contributed by atoms with E-state index in [9.17, 15) is 0 Å². The molecule has 1 aliphatic rings. The number of ether oxygens (including phenoxy) is 1. The van der Waals surface area contributed by atoms with Crippen LogP contribution < -0.4 is 10.5 Å². The number of nitrogens with zero attached hydrogens (tertiary/aromatic N) is 1. The van der Waals surface area contributed by atoms with E-state index in [0.717, 1.165) is 38.4 Å². The number of benzene rings is 1. The Hall–Kier alpha value is -1.06. The Labute approximate surface area is 104 Å². The van der Waals surface area contributed by atoms with Crippen LogP contribution in [0.1, 0.15) is 25.3 Å². The van der Waals surface area contributed by atoms with E-state index in [2.05, 4.69) is 23.1 Å². The highest BCUT2D eigenvalue weighted by Gasteiger charge is 2.16. The molecule has 1 heterocycles. The normalized spacial score (nSPS) is 21.4. The molecule has 0 amide bonds. The highest BCUT2D eigenvalue weighted by molar-refractivity contribution is 5.28. The van der Waals surface area contributed by atoms with E-state index in [4.69, 9.17) is 10.5 Å². The molecule has 3 heteroatoms. The zero-order valence-electron chi connectivity index (χ0n) is 10.6. The Bertz CT molecular complexity index is 354. The summed E-state index contributed by atoms with van der Waals surface area (Å²) in [5.74, 6) is 0.964. The minimum absolute atomic E-state index is 0.346. The largest absolute Gasteiger partial charge is 0.494 e. The van der Waals surface area contributed by atoms with Crippen LogP contribution in [0.25, 0.3) is 0 Å². The average molecular weight is 234 g/mol. The van der Waals surface area contributed by atoms with E-state index < -0.39 is 0 Å². The summed E-state index contributed by atoms with van der Waals surface area (Å²) >= 11 is 0. The van der Waals surface area contributed by atoms with Crippen molar-refractivity contribution in [3.05, 3.63) is 29.8 Å². The van der Waals surface area contributed by atoms with E-state index in [1.807, 2.05) is 13.0 Å². The number of piperidine rings is 1. The van der Waals surface area contributed by atoms with Crippen LogP contribution in [0, 0.1) is 0 Å². The molecule has 0 aliphatic carbocycles. The summed E-state index contributed by atoms with van der Waals surface area (Å²) in [5, 5.41) is 0. The van der Waals surface area contributed by atoms with E-state index >= 15 is 0 Å². The van der Waals surface area contributed by atoms with Crippen molar-refractivity contribution in [2.75, 3.05) is 19.7 Å². The number of hydrogen-bond donors (Lipinski definition) is 1. The third-order valence-electron chi connectivity index (χ3n) is 3.16. The Morgan fingerprint density at radius 3 is 3.12 bits per heavy atom. The number of likely N-dealkylation sites (tertiary alicyclic amines) is 1. The van der Waals surface area contributed by atoms with E-state index in [0.29, 0.717) is 6.04 Å². The summed E-state index contributed by atoms with van der Waals surface area (Å²) in [7, 11) is 0. The Morgan fingerprint density at radius 1 is 1.47 bits per heavy atom. The molecule has 1 saturated heterocycles. The second-order valence-corrected chi connectivity index (χ2v) is 4.72. The van der Waals surface area contributed by atoms with Crippen LogP contribution in [-0.2, 0) is 6.54 Å². The zero-order chi connectivity index (χ0) is 12.1. The highest BCUT2D eigenvalue weighted by Crippen LogP contribution is 2.17. The SMILES string of the molecule is CCOc1cccc(CN2CCCC(N)C2)c1. The smallest absolute Gasteiger partial charge is 0.119 e. The second-order valence-electron chi connectivity index (χ2n) is 4.72. The summed E-state index contributed by atoms with van der Waals surface area (Å²) in [5.41, 5.74) is 7.30. The molecule has 0 saturated carbocycles. The third kappa shape index (κ3) is 3.72. The standard InChI is InChI=1S/C14H22N2O/c1-2-17-14-7-3-5-12(9-14)10-16-8-4-6-13(15)11-16/h3,5,7,9,13H,2,4,6,8,10-11,15H2,1H3. The van der Waals surface area contributed by atoms with Crippen molar-refractivity contribution in [1.82, 2.24) is 4.90 Å². The summed E-state index contributed by atoms with van der Waals surface area (Å²) in [6.07, 6.45) is 2.38. The van der Waals surface area contributed by atoms with Gasteiger partial charge >= 0.3 is 0 Å². The van der Waals surface area contributed by atoms with Crippen molar-refractivity contribution in [1.29, 1.82) is 0 Å². The lowest BCUT2D eigenvalue weighted by molar-refractivity contribution is 0.201. The van der Waals surface area contributed by atoms with Gasteiger partial charge in [0, 0.05) is 19.1 Å². The van der Waals surface area contributed by atoms with Crippen molar-refractivity contribution in [2.45, 2.75) is 32.4 Å². The van der Waals surface area contributed by atoms with Crippen molar-refractivity contribution in [2.24, 2.45) is 5.73 Å². The van der Waals surface area contributed by atoms with E-state index in [-0.39, 0.29) is 0 Å². The molecule has 1 aromatic rings. The molecule has 1 aromatic carbocycles. The predicted molar refractivity (Wildman–Crippen MR) is 70.1 cm³/mol. The molecular formula is C14H22N2O. The summed E-state index contributed by atoms with van der Waals surface area (Å²) in [6.45, 7) is 5.88. The van der Waals surface area contributed by atoms with Gasteiger partial charge in [-0.15, -0.1) is 0 Å². The quantitative estimate of drug-likeness (QED) is 0.866. The lowest BCUT2D eigenvalue weighted by Crippen LogP contribution is -2.42. The molecule has 1 atom stereocenters. The summed E-state index contributed by atoms with van der Waals surface area (Å²) < 4.78 is 5.51. The second kappa shape index (κ2) is 6.03. The van der Waals surface area contributed by atoms with Gasteiger partial charge in [-0.1, -0.05) is 12.1 Å². The van der Waals surface area contributed by atoms with Gasteiger partial charge in [0.15, 0.2) is 0 Å². The molecule has 1 unspecified atom stereocenters. The van der Waals surface area contributed by atoms with Gasteiger partial charge in [-0.3, -0.25) is 4.90 Å². The molecule has 94 valence electrons. The van der Waals surface area contributed by atoms with Crippen LogP contribution >= 0.6 is 0 Å². The first-order valence-corrected chi connectivity index (χ1v) is 6.47. The summed E-state index contributed by atoms with van der Waals surface area (Å²) in [6, 6.07) is 8.70. The molecule has 3 nitrogen and oxygen atoms in total. The lowest BCUT2D eigenvalue weighted by Gasteiger charge is -2.30. The van der Waals surface area contributed by atoms with Gasteiger partial charge in [-0.25, -0.2) is 0 Å². The van der Waals surface area contributed by atoms with Gasteiger partial charge in [-0.05, 0) is 44.0 Å². The predicted octanol–water partition coefficient (Wildman–Crippen LogP) is 2.01. The Kier molecular flexibility index (Phi) is 4.40. The number of nitrogens with two attached hydrogens (primary N) is 1. The van der Waals surface area contributed by atoms with Crippen molar-refractivity contribution < 1.29 is 4.74 Å². The van der Waals surface area contributed by atoms with Crippen molar-refractivity contribution in [3.8, 4) is 5.75 Å². The first kappa shape index (κ1) is 12.4. The van der Waals surface area contributed by atoms with Crippen LogP contribution in [0.15, 0.2) is 24.3 Å². The summed E-state index contributed by atoms with van der Waals surface area (Å²) in [4.78, 5) is 2.43. The highest BCUT2D eigenvalue weighted by atomic mass is 16.5. The molecule has 0 spiro atoms. The molecule has 1 fully saturated rings. The van der Waals surface area contributed by atoms with Gasteiger partial charge in [0.25, 0.3) is 0 Å². The molecule has 0 aromatic heterocycles. The maximum atomic E-state index is 5.99. The monoisotopic (exact) mass is 234 g/mol. The lowest BCUT2D eigenvalue weighted by atomic mass is 10.1. The fraction of sp³-hybridized carbons (Fsp3) is 0.571. The fourth-order valence-corrected chi connectivity index (χ4v) is 2.39. The van der Waals surface area contributed by atoms with Crippen LogP contribution in [0.3, 0.4) is 0 Å². The van der Waals surface area contributed by atoms with Gasteiger partial charge in [0.1, 0.15) is 5.75 Å². The third-order valence-corrected chi connectivity index (χ3v) is 3.16. The maximum Gasteiger partial charge on any atom is 0.119 e. The minimum atomic E-state index is 0.346. The van der Waals surface area contributed by atoms with Gasteiger partial charge in [0.2, 0.25) is 0 Å². The first-order valence-electron chi connectivity index (χ1n) is 6.47. The van der Waals surface area contributed by atoms with E-state index in [1.54, 1.807) is 0 Å². The number of rotatable bonds is 4. The maximum absolute atomic E-state index is 5.99. The topological polar surface area (TPSA) is 38.5 Å². The molecular weight excluding hydrogens is 212 g/mol. The molecule has 1 aliphatic heterocycles. The molecule has 0 bridgehead atoms. The van der Waals surface area contributed by atoms with Crippen molar-refractivity contribution >= 4 is 0 Å². The van der Waals surface area contributed by atoms with Gasteiger partial charge in [0.05, 0.1) is 6.61 Å². The van der Waals surface area contributed by atoms with Crippen LogP contribution in [0.5, 0.6) is 5.75 Å². The first-order chi connectivity index (χ1) is 8.28. The number of hydrogen-bond acceptors (Lipinski definition) is 3. The van der Waals surface area contributed by atoms with Crippen LogP contribution in [0.4, 0.5) is 0 Å². The van der Waals surface area contributed by atoms with Crippen LogP contribution in [-0.4, -0.2) is 30.6 Å². The fourth-order valence-electron chi connectivity index (χ4n) is 2.39. The molecule has 2 N–H and O–H groups in total. The zero-order valence-corrected chi connectivity index (χ0v) is 10.6. The molecule has 0 radical (unpaired) electrons.